The van der Waals surface area contributed by atoms with Crippen LogP contribution in [0.5, 0.6) is 0 Å². The summed E-state index contributed by atoms with van der Waals surface area (Å²) in [5.41, 5.74) is 1.95. The van der Waals surface area contributed by atoms with Crippen LogP contribution in [-0.4, -0.2) is 37.4 Å². The highest BCUT2D eigenvalue weighted by Crippen LogP contribution is 2.19. The third-order valence-electron chi connectivity index (χ3n) is 3.80. The standard InChI is InChI=1S/C16H17N5O/c1-11-9-10-17-16-18-14(19-21(11)16)15(22)20(3)12(2)13-7-5-4-6-8-13/h4-10,12H,1-3H3. The lowest BCUT2D eigenvalue weighted by Gasteiger charge is -2.24. The lowest BCUT2D eigenvalue weighted by Crippen LogP contribution is -2.30. The van der Waals surface area contributed by atoms with Crippen molar-refractivity contribution >= 4 is 11.7 Å². The van der Waals surface area contributed by atoms with Crippen molar-refractivity contribution in [2.24, 2.45) is 0 Å². The zero-order valence-electron chi connectivity index (χ0n) is 12.8. The van der Waals surface area contributed by atoms with Crippen LogP contribution in [-0.2, 0) is 0 Å². The normalized spacial score (nSPS) is 12.3. The van der Waals surface area contributed by atoms with Gasteiger partial charge in [0, 0.05) is 18.9 Å². The fourth-order valence-corrected chi connectivity index (χ4v) is 2.29. The Morgan fingerprint density at radius 1 is 1.23 bits per heavy atom. The third kappa shape index (κ3) is 2.43. The highest BCUT2D eigenvalue weighted by molar-refractivity contribution is 5.91. The number of benzene rings is 1. The lowest BCUT2D eigenvalue weighted by molar-refractivity contribution is 0.0730. The molecule has 0 N–H and O–H groups in total. The van der Waals surface area contributed by atoms with Crippen LogP contribution in [0.2, 0.25) is 0 Å². The number of hydrogen-bond acceptors (Lipinski definition) is 4. The van der Waals surface area contributed by atoms with Gasteiger partial charge in [-0.2, -0.15) is 4.98 Å². The second-order valence-corrected chi connectivity index (χ2v) is 5.24. The van der Waals surface area contributed by atoms with Crippen LogP contribution in [0.4, 0.5) is 0 Å². The minimum atomic E-state index is -0.221. The molecule has 0 saturated heterocycles. The number of aryl methyl sites for hydroxylation is 1. The first-order valence-corrected chi connectivity index (χ1v) is 7.08. The van der Waals surface area contributed by atoms with Crippen molar-refractivity contribution in [3.8, 4) is 0 Å². The van der Waals surface area contributed by atoms with Gasteiger partial charge in [0.1, 0.15) is 0 Å². The third-order valence-corrected chi connectivity index (χ3v) is 3.80. The van der Waals surface area contributed by atoms with Gasteiger partial charge in [-0.15, -0.1) is 5.10 Å². The van der Waals surface area contributed by atoms with Gasteiger partial charge in [-0.1, -0.05) is 30.3 Å². The molecule has 0 radical (unpaired) electrons. The van der Waals surface area contributed by atoms with Crippen LogP contribution in [0.1, 0.15) is 34.8 Å². The highest BCUT2D eigenvalue weighted by Gasteiger charge is 2.23. The number of fused-ring (bicyclic) bond motifs is 1. The first-order chi connectivity index (χ1) is 10.6. The zero-order valence-corrected chi connectivity index (χ0v) is 12.8. The fourth-order valence-electron chi connectivity index (χ4n) is 2.29. The summed E-state index contributed by atoms with van der Waals surface area (Å²) >= 11 is 0. The molecule has 0 aliphatic carbocycles. The number of carbonyl (C=O) groups is 1. The van der Waals surface area contributed by atoms with E-state index in [-0.39, 0.29) is 17.8 Å². The summed E-state index contributed by atoms with van der Waals surface area (Å²) in [6, 6.07) is 11.6. The molecule has 22 heavy (non-hydrogen) atoms. The smallest absolute Gasteiger partial charge is 0.293 e. The molecule has 1 unspecified atom stereocenters. The molecule has 0 aliphatic rings. The van der Waals surface area contributed by atoms with Crippen LogP contribution < -0.4 is 0 Å². The Kier molecular flexibility index (Phi) is 3.58. The summed E-state index contributed by atoms with van der Waals surface area (Å²) in [6.45, 7) is 3.88. The van der Waals surface area contributed by atoms with Gasteiger partial charge < -0.3 is 4.90 Å². The Morgan fingerprint density at radius 3 is 2.64 bits per heavy atom. The van der Waals surface area contributed by atoms with Crippen molar-refractivity contribution < 1.29 is 4.79 Å². The van der Waals surface area contributed by atoms with Crippen LogP contribution in [0.3, 0.4) is 0 Å². The molecular formula is C16H17N5O. The first-order valence-electron chi connectivity index (χ1n) is 7.08. The summed E-state index contributed by atoms with van der Waals surface area (Å²) in [4.78, 5) is 22.6. The average Bonchev–Trinajstić information content (AvgIpc) is 2.99. The van der Waals surface area contributed by atoms with Gasteiger partial charge in [0.2, 0.25) is 5.82 Å². The molecule has 1 aromatic carbocycles. The average molecular weight is 295 g/mol. The van der Waals surface area contributed by atoms with Gasteiger partial charge in [0.15, 0.2) is 0 Å². The van der Waals surface area contributed by atoms with Gasteiger partial charge >= 0.3 is 0 Å². The molecule has 1 atom stereocenters. The quantitative estimate of drug-likeness (QED) is 0.743. The van der Waals surface area contributed by atoms with Gasteiger partial charge in [-0.05, 0) is 25.5 Å². The maximum absolute atomic E-state index is 12.6. The van der Waals surface area contributed by atoms with Crippen molar-refractivity contribution in [2.75, 3.05) is 7.05 Å². The zero-order chi connectivity index (χ0) is 15.7. The lowest BCUT2D eigenvalue weighted by atomic mass is 10.1. The van der Waals surface area contributed by atoms with E-state index in [0.29, 0.717) is 5.78 Å². The Morgan fingerprint density at radius 2 is 1.95 bits per heavy atom. The molecule has 6 heteroatoms. The van der Waals surface area contributed by atoms with E-state index in [4.69, 9.17) is 0 Å². The summed E-state index contributed by atoms with van der Waals surface area (Å²) in [5, 5.41) is 4.26. The Labute approximate surface area is 128 Å². The Balaban J connectivity index is 1.90. The van der Waals surface area contributed by atoms with Gasteiger partial charge in [-0.3, -0.25) is 4.79 Å². The predicted octanol–water partition coefficient (Wildman–Crippen LogP) is 2.27. The molecule has 0 aliphatic heterocycles. The Bertz CT molecular complexity index is 812. The molecule has 0 fully saturated rings. The molecule has 2 heterocycles. The van der Waals surface area contributed by atoms with E-state index in [1.165, 1.54) is 0 Å². The topological polar surface area (TPSA) is 63.4 Å². The molecule has 6 nitrogen and oxygen atoms in total. The van der Waals surface area contributed by atoms with Crippen LogP contribution >= 0.6 is 0 Å². The summed E-state index contributed by atoms with van der Waals surface area (Å²) in [5.74, 6) is 0.373. The van der Waals surface area contributed by atoms with E-state index in [2.05, 4.69) is 15.1 Å². The number of nitrogens with zero attached hydrogens (tertiary/aromatic N) is 5. The number of aromatic nitrogens is 4. The summed E-state index contributed by atoms with van der Waals surface area (Å²) in [7, 11) is 1.76. The largest absolute Gasteiger partial charge is 0.332 e. The van der Waals surface area contributed by atoms with Gasteiger partial charge in [-0.25, -0.2) is 9.50 Å². The van der Waals surface area contributed by atoms with E-state index < -0.39 is 0 Å². The minimum Gasteiger partial charge on any atom is -0.332 e. The van der Waals surface area contributed by atoms with Gasteiger partial charge in [0.05, 0.1) is 6.04 Å². The summed E-state index contributed by atoms with van der Waals surface area (Å²) in [6.07, 6.45) is 1.66. The van der Waals surface area contributed by atoms with Crippen LogP contribution in [0.15, 0.2) is 42.6 Å². The maximum Gasteiger partial charge on any atom is 0.293 e. The molecule has 2 aromatic heterocycles. The minimum absolute atomic E-state index is 0.0608. The van der Waals surface area contributed by atoms with Crippen LogP contribution in [0.25, 0.3) is 5.78 Å². The van der Waals surface area contributed by atoms with Crippen molar-refractivity contribution in [3.63, 3.8) is 0 Å². The monoisotopic (exact) mass is 295 g/mol. The number of carbonyl (C=O) groups excluding carboxylic acids is 1. The number of rotatable bonds is 3. The van der Waals surface area contributed by atoms with Crippen molar-refractivity contribution in [3.05, 3.63) is 59.7 Å². The number of amides is 1. The fraction of sp³-hybridized carbons (Fsp3) is 0.250. The van der Waals surface area contributed by atoms with E-state index in [1.807, 2.05) is 50.2 Å². The molecule has 0 saturated carbocycles. The molecule has 0 bridgehead atoms. The molecule has 3 aromatic rings. The molecule has 1 amide bonds. The van der Waals surface area contributed by atoms with E-state index >= 15 is 0 Å². The first kappa shape index (κ1) is 14.2. The number of hydrogen-bond donors (Lipinski definition) is 0. The second-order valence-electron chi connectivity index (χ2n) is 5.24. The molecule has 3 rings (SSSR count). The highest BCUT2D eigenvalue weighted by atomic mass is 16.2. The molecule has 0 spiro atoms. The van der Waals surface area contributed by atoms with E-state index in [9.17, 15) is 4.79 Å². The van der Waals surface area contributed by atoms with E-state index in [1.54, 1.807) is 22.7 Å². The SMILES string of the molecule is Cc1ccnc2nc(C(=O)N(C)C(C)c3ccccc3)nn12. The Hall–Kier alpha value is -2.76. The van der Waals surface area contributed by atoms with Crippen molar-refractivity contribution in [1.82, 2.24) is 24.5 Å². The maximum atomic E-state index is 12.6. The van der Waals surface area contributed by atoms with E-state index in [0.717, 1.165) is 11.3 Å². The molecule has 112 valence electrons. The predicted molar refractivity (Wildman–Crippen MR) is 82.5 cm³/mol. The van der Waals surface area contributed by atoms with Gasteiger partial charge in [0.25, 0.3) is 11.7 Å². The summed E-state index contributed by atoms with van der Waals surface area (Å²) < 4.78 is 1.58. The van der Waals surface area contributed by atoms with Crippen molar-refractivity contribution in [1.29, 1.82) is 0 Å². The van der Waals surface area contributed by atoms with Crippen molar-refractivity contribution in [2.45, 2.75) is 19.9 Å². The van der Waals surface area contributed by atoms with Crippen LogP contribution in [0, 0.1) is 6.92 Å². The second kappa shape index (κ2) is 5.55. The molecular weight excluding hydrogens is 278 g/mol.